The van der Waals surface area contributed by atoms with Gasteiger partial charge in [0.2, 0.25) is 13.4 Å². The molecule has 0 fully saturated rings. The third-order valence-electron chi connectivity index (χ3n) is 3.04. The summed E-state index contributed by atoms with van der Waals surface area (Å²) >= 11 is 0. The average molecular weight is 218 g/mol. The number of hydrogen-bond acceptors (Lipinski definition) is 0. The second kappa shape index (κ2) is 11.2. The van der Waals surface area contributed by atoms with Crippen LogP contribution in [0.2, 0.25) is 25.3 Å². The van der Waals surface area contributed by atoms with Crippen LogP contribution in [0.5, 0.6) is 0 Å². The second-order valence-electron chi connectivity index (χ2n) is 4.84. The van der Waals surface area contributed by atoms with Crippen LogP contribution in [-0.2, 0) is 0 Å². The van der Waals surface area contributed by atoms with Gasteiger partial charge in [0.25, 0.3) is 0 Å². The Morgan fingerprint density at radius 3 is 1.00 bits per heavy atom. The van der Waals surface area contributed by atoms with E-state index in [9.17, 15) is 0 Å². The first kappa shape index (κ1) is 15.7. The quantitative estimate of drug-likeness (QED) is 0.409. The summed E-state index contributed by atoms with van der Waals surface area (Å²) in [7, 11) is 0. The number of hydrogen-bond donors (Lipinski definition) is 0. The van der Waals surface area contributed by atoms with E-state index in [1.165, 1.54) is 51.0 Å². The molecule has 16 heavy (non-hydrogen) atoms. The van der Waals surface area contributed by atoms with Crippen LogP contribution in [0.15, 0.2) is 0 Å². The molecule has 0 aliphatic carbocycles. The van der Waals surface area contributed by atoms with E-state index in [4.69, 9.17) is 0 Å². The first-order valence-corrected chi connectivity index (χ1v) is 7.29. The highest BCUT2D eigenvalue weighted by molar-refractivity contribution is 6.73. The van der Waals surface area contributed by atoms with Crippen molar-refractivity contribution >= 4 is 13.4 Å². The van der Waals surface area contributed by atoms with E-state index in [0.717, 1.165) is 0 Å². The number of rotatable bonds is 8. The largest absolute Gasteiger partial charge is 0.229 e. The van der Waals surface area contributed by atoms with Crippen molar-refractivity contribution in [1.29, 1.82) is 0 Å². The zero-order chi connectivity index (χ0) is 12.2. The molecule has 0 amide bonds. The molecule has 0 heterocycles. The highest BCUT2D eigenvalue weighted by atomic mass is 13.8. The maximum atomic E-state index is 3.54. The first-order valence-electron chi connectivity index (χ1n) is 7.29. The minimum Gasteiger partial charge on any atom is -0.167 e. The Labute approximate surface area is 104 Å². The molecule has 0 saturated heterocycles. The zero-order valence-electron chi connectivity index (χ0n) is 11.8. The van der Waals surface area contributed by atoms with Gasteiger partial charge in [-0.3, -0.25) is 0 Å². The van der Waals surface area contributed by atoms with Gasteiger partial charge in [0.05, 0.1) is 0 Å². The Bertz CT molecular complexity index is 171. The second-order valence-corrected chi connectivity index (χ2v) is 4.84. The van der Waals surface area contributed by atoms with Gasteiger partial charge in [-0.25, -0.2) is 0 Å². The van der Waals surface area contributed by atoms with Gasteiger partial charge in [-0.2, -0.15) is 11.6 Å². The molecule has 0 nitrogen and oxygen atoms in total. The van der Waals surface area contributed by atoms with E-state index in [1.54, 1.807) is 0 Å². The Morgan fingerprint density at radius 2 is 0.812 bits per heavy atom. The lowest BCUT2D eigenvalue weighted by Crippen LogP contribution is -2.13. The van der Waals surface area contributed by atoms with Crippen LogP contribution in [0.4, 0.5) is 0 Å². The SMILES string of the molecule is CCCB(C#CB(CCC)CCC)CCC. The van der Waals surface area contributed by atoms with E-state index in [1.807, 2.05) is 0 Å². The Balaban J connectivity index is 4.22. The van der Waals surface area contributed by atoms with Gasteiger partial charge in [-0.1, -0.05) is 78.7 Å². The molecule has 0 N–H and O–H groups in total. The summed E-state index contributed by atoms with van der Waals surface area (Å²) in [6.07, 6.45) is 10.2. The summed E-state index contributed by atoms with van der Waals surface area (Å²) in [4.78, 5) is 0. The van der Waals surface area contributed by atoms with Crippen molar-refractivity contribution < 1.29 is 0 Å². The molecule has 0 saturated carbocycles. The zero-order valence-corrected chi connectivity index (χ0v) is 11.8. The van der Waals surface area contributed by atoms with Gasteiger partial charge in [-0.15, -0.1) is 0 Å². The van der Waals surface area contributed by atoms with Gasteiger partial charge < -0.3 is 0 Å². The molecule has 0 spiro atoms. The highest BCUT2D eigenvalue weighted by Crippen LogP contribution is 2.07. The molecular formula is C14H28B2. The lowest BCUT2D eigenvalue weighted by Gasteiger charge is -2.05. The third kappa shape index (κ3) is 7.91. The van der Waals surface area contributed by atoms with Gasteiger partial charge in [0, 0.05) is 0 Å². The van der Waals surface area contributed by atoms with Crippen molar-refractivity contribution in [3.8, 4) is 11.6 Å². The minimum absolute atomic E-state index is 0.659. The molecular weight excluding hydrogens is 190 g/mol. The standard InChI is InChI=1S/C14H28B2/c1-5-9-15(10-6-2)13-14-16(11-7-3)12-8-4/h5-12H2,1-4H3. The molecule has 0 unspecified atom stereocenters. The summed E-state index contributed by atoms with van der Waals surface area (Å²) in [6, 6.07) is 0. The Hall–Kier alpha value is -0.310. The van der Waals surface area contributed by atoms with Crippen LogP contribution in [0.25, 0.3) is 0 Å². The van der Waals surface area contributed by atoms with Crippen LogP contribution < -0.4 is 0 Å². The molecule has 0 aliphatic rings. The molecule has 2 heteroatoms. The van der Waals surface area contributed by atoms with Gasteiger partial charge in [-0.05, 0) is 0 Å². The van der Waals surface area contributed by atoms with E-state index in [-0.39, 0.29) is 0 Å². The monoisotopic (exact) mass is 218 g/mol. The molecule has 0 aromatic carbocycles. The summed E-state index contributed by atoms with van der Waals surface area (Å²) in [5, 5.41) is 0. The molecule has 90 valence electrons. The van der Waals surface area contributed by atoms with Gasteiger partial charge in [0.1, 0.15) is 0 Å². The van der Waals surface area contributed by atoms with Crippen molar-refractivity contribution in [2.24, 2.45) is 0 Å². The maximum absolute atomic E-state index is 3.54. The van der Waals surface area contributed by atoms with Crippen LogP contribution >= 0.6 is 0 Å². The Morgan fingerprint density at radius 1 is 0.562 bits per heavy atom. The molecule has 0 atom stereocenters. The summed E-state index contributed by atoms with van der Waals surface area (Å²) in [5.41, 5.74) is 0. The van der Waals surface area contributed by atoms with Crippen LogP contribution in [0, 0.1) is 11.6 Å². The van der Waals surface area contributed by atoms with Gasteiger partial charge in [0.15, 0.2) is 0 Å². The smallest absolute Gasteiger partial charge is 0.167 e. The minimum atomic E-state index is 0.659. The summed E-state index contributed by atoms with van der Waals surface area (Å²) in [6.45, 7) is 10.4. The average Bonchev–Trinajstić information content (AvgIpc) is 2.27. The predicted octanol–water partition coefficient (Wildman–Crippen LogP) is 4.70. The van der Waals surface area contributed by atoms with Gasteiger partial charge >= 0.3 is 0 Å². The van der Waals surface area contributed by atoms with Crippen molar-refractivity contribution in [3.63, 3.8) is 0 Å². The van der Waals surface area contributed by atoms with Crippen molar-refractivity contribution in [2.75, 3.05) is 0 Å². The summed E-state index contributed by atoms with van der Waals surface area (Å²) < 4.78 is 0. The van der Waals surface area contributed by atoms with E-state index >= 15 is 0 Å². The fourth-order valence-electron chi connectivity index (χ4n) is 2.21. The molecule has 0 aromatic heterocycles. The first-order chi connectivity index (χ1) is 7.78. The Kier molecular flexibility index (Phi) is 11.0. The van der Waals surface area contributed by atoms with Crippen LogP contribution in [0.3, 0.4) is 0 Å². The molecule has 0 aromatic rings. The lowest BCUT2D eigenvalue weighted by atomic mass is 9.40. The van der Waals surface area contributed by atoms with Crippen molar-refractivity contribution in [2.45, 2.75) is 78.7 Å². The highest BCUT2D eigenvalue weighted by Gasteiger charge is 2.11. The normalized spacial score (nSPS) is 9.50. The summed E-state index contributed by atoms with van der Waals surface area (Å²) in [5.74, 6) is 7.08. The fraction of sp³-hybridized carbons (Fsp3) is 0.857. The third-order valence-corrected chi connectivity index (χ3v) is 3.04. The van der Waals surface area contributed by atoms with Crippen molar-refractivity contribution in [3.05, 3.63) is 0 Å². The fourth-order valence-corrected chi connectivity index (χ4v) is 2.21. The molecule has 0 radical (unpaired) electrons. The predicted molar refractivity (Wildman–Crippen MR) is 79.7 cm³/mol. The van der Waals surface area contributed by atoms with E-state index in [0.29, 0.717) is 13.4 Å². The topological polar surface area (TPSA) is 0 Å². The molecule has 0 rings (SSSR count). The lowest BCUT2D eigenvalue weighted by molar-refractivity contribution is 1.01. The van der Waals surface area contributed by atoms with Crippen LogP contribution in [-0.4, -0.2) is 13.4 Å². The van der Waals surface area contributed by atoms with E-state index in [2.05, 4.69) is 39.3 Å². The maximum Gasteiger partial charge on any atom is 0.229 e. The van der Waals surface area contributed by atoms with E-state index < -0.39 is 0 Å². The van der Waals surface area contributed by atoms with Crippen LogP contribution in [0.1, 0.15) is 53.4 Å². The van der Waals surface area contributed by atoms with Crippen molar-refractivity contribution in [1.82, 2.24) is 0 Å². The molecule has 0 aliphatic heterocycles. The molecule has 0 bridgehead atoms.